The first kappa shape index (κ1) is 14.6. The molecule has 0 aliphatic carbocycles. The zero-order valence-electron chi connectivity index (χ0n) is 11.0. The van der Waals surface area contributed by atoms with Gasteiger partial charge in [0.25, 0.3) is 5.56 Å². The number of nitrogens with one attached hydrogen (secondary N) is 1. The van der Waals surface area contributed by atoms with Gasteiger partial charge in [-0.2, -0.15) is 0 Å². The van der Waals surface area contributed by atoms with E-state index in [0.717, 1.165) is 0 Å². The molecule has 7 nitrogen and oxygen atoms in total. The maximum atomic E-state index is 12.9. The third kappa shape index (κ3) is 2.98. The Morgan fingerprint density at radius 3 is 2.64 bits per heavy atom. The Bertz CT molecular complexity index is 929. The second kappa shape index (κ2) is 5.83. The van der Waals surface area contributed by atoms with E-state index in [9.17, 15) is 14.0 Å². The number of benzene rings is 1. The van der Waals surface area contributed by atoms with Crippen LogP contribution in [0.15, 0.2) is 46.2 Å². The number of hydrogen-bond donors (Lipinski definition) is 1. The fourth-order valence-electron chi connectivity index (χ4n) is 1.87. The van der Waals surface area contributed by atoms with E-state index in [1.807, 2.05) is 22.6 Å². The van der Waals surface area contributed by atoms with Crippen LogP contribution in [-0.2, 0) is 6.54 Å². The molecule has 0 radical (unpaired) electrons. The van der Waals surface area contributed by atoms with Gasteiger partial charge in [-0.15, -0.1) is 5.10 Å². The van der Waals surface area contributed by atoms with Crippen LogP contribution in [0.1, 0.15) is 5.69 Å². The smallest absolute Gasteiger partial charge is 0.293 e. The van der Waals surface area contributed by atoms with Crippen molar-refractivity contribution in [1.29, 1.82) is 0 Å². The molecule has 3 rings (SSSR count). The Morgan fingerprint density at radius 2 is 1.91 bits per heavy atom. The van der Waals surface area contributed by atoms with Gasteiger partial charge in [-0.1, -0.05) is 5.21 Å². The molecule has 2 heterocycles. The predicted molar refractivity (Wildman–Crippen MR) is 84.5 cm³/mol. The summed E-state index contributed by atoms with van der Waals surface area (Å²) in [5.74, 6) is -0.335. The van der Waals surface area contributed by atoms with Crippen molar-refractivity contribution in [2.24, 2.45) is 0 Å². The quantitative estimate of drug-likeness (QED) is 0.647. The fraction of sp³-hybridized carbons (Fsp3) is 0.0769. The Kier molecular flexibility index (Phi) is 3.88. The van der Waals surface area contributed by atoms with Gasteiger partial charge < -0.3 is 0 Å². The first-order valence-corrected chi connectivity index (χ1v) is 7.27. The molecule has 0 unspecified atom stereocenters. The monoisotopic (exact) mass is 413 g/mol. The number of rotatable bonds is 3. The van der Waals surface area contributed by atoms with Crippen molar-refractivity contribution >= 4 is 22.6 Å². The van der Waals surface area contributed by atoms with Crippen LogP contribution < -0.4 is 11.2 Å². The van der Waals surface area contributed by atoms with Gasteiger partial charge in [-0.3, -0.25) is 14.3 Å². The maximum absolute atomic E-state index is 12.9. The number of H-pyrrole nitrogens is 1. The molecular weight excluding hydrogens is 404 g/mol. The molecule has 1 N–H and O–H groups in total. The van der Waals surface area contributed by atoms with Crippen molar-refractivity contribution in [3.63, 3.8) is 0 Å². The van der Waals surface area contributed by atoms with Gasteiger partial charge in [0, 0.05) is 6.20 Å². The van der Waals surface area contributed by atoms with E-state index in [-0.39, 0.29) is 12.4 Å². The lowest BCUT2D eigenvalue weighted by atomic mass is 10.3. The highest BCUT2D eigenvalue weighted by atomic mass is 127. The van der Waals surface area contributed by atoms with Crippen molar-refractivity contribution in [2.45, 2.75) is 6.54 Å². The third-order valence-corrected chi connectivity index (χ3v) is 3.70. The van der Waals surface area contributed by atoms with E-state index in [0.29, 0.717) is 15.0 Å². The van der Waals surface area contributed by atoms with E-state index in [1.54, 1.807) is 18.3 Å². The molecule has 0 amide bonds. The summed E-state index contributed by atoms with van der Waals surface area (Å²) in [5, 5.41) is 7.91. The maximum Gasteiger partial charge on any atom is 0.328 e. The second-order valence-electron chi connectivity index (χ2n) is 4.50. The van der Waals surface area contributed by atoms with Crippen LogP contribution >= 0.6 is 22.6 Å². The first-order chi connectivity index (χ1) is 10.5. The predicted octanol–water partition coefficient (Wildman–Crippen LogP) is 0.909. The average molecular weight is 413 g/mol. The molecule has 0 spiro atoms. The molecule has 0 saturated carbocycles. The minimum atomic E-state index is -0.512. The van der Waals surface area contributed by atoms with Crippen LogP contribution in [0.25, 0.3) is 5.69 Å². The van der Waals surface area contributed by atoms with Gasteiger partial charge in [0.1, 0.15) is 11.5 Å². The average Bonchev–Trinajstić information content (AvgIpc) is 2.94. The summed E-state index contributed by atoms with van der Waals surface area (Å²) in [6.07, 6.45) is 3.09. The van der Waals surface area contributed by atoms with Crippen molar-refractivity contribution in [2.75, 3.05) is 0 Å². The summed E-state index contributed by atoms with van der Waals surface area (Å²) in [4.78, 5) is 25.3. The number of nitrogens with zero attached hydrogens (tertiary/aromatic N) is 4. The molecule has 0 saturated heterocycles. The van der Waals surface area contributed by atoms with Crippen molar-refractivity contribution < 1.29 is 4.39 Å². The zero-order chi connectivity index (χ0) is 15.7. The van der Waals surface area contributed by atoms with E-state index >= 15 is 0 Å². The molecule has 0 bridgehead atoms. The summed E-state index contributed by atoms with van der Waals surface area (Å²) in [6, 6.07) is 5.79. The highest BCUT2D eigenvalue weighted by Crippen LogP contribution is 2.08. The number of aromatic nitrogens is 5. The minimum absolute atomic E-state index is 0.173. The Morgan fingerprint density at radius 1 is 1.18 bits per heavy atom. The molecule has 3 aromatic rings. The molecule has 1 aromatic carbocycles. The van der Waals surface area contributed by atoms with Crippen molar-refractivity contribution in [3.05, 3.63) is 72.6 Å². The number of aromatic amines is 1. The van der Waals surface area contributed by atoms with Crippen LogP contribution in [0.2, 0.25) is 0 Å². The Labute approximate surface area is 136 Å². The highest BCUT2D eigenvalue weighted by Gasteiger charge is 2.07. The molecule has 2 aromatic heterocycles. The second-order valence-corrected chi connectivity index (χ2v) is 5.66. The molecule has 0 fully saturated rings. The Hall–Kier alpha value is -2.30. The molecule has 0 aliphatic heterocycles. The van der Waals surface area contributed by atoms with E-state index in [4.69, 9.17) is 0 Å². The fourth-order valence-corrected chi connectivity index (χ4v) is 2.34. The van der Waals surface area contributed by atoms with Crippen LogP contribution in [0.4, 0.5) is 4.39 Å². The van der Waals surface area contributed by atoms with Crippen LogP contribution in [0, 0.1) is 9.39 Å². The van der Waals surface area contributed by atoms with E-state index in [1.165, 1.54) is 27.6 Å². The normalized spacial score (nSPS) is 10.8. The van der Waals surface area contributed by atoms with Crippen LogP contribution in [0.3, 0.4) is 0 Å². The van der Waals surface area contributed by atoms with Gasteiger partial charge in [-0.25, -0.2) is 13.9 Å². The molecule has 0 atom stereocenters. The molecule has 9 heteroatoms. The minimum Gasteiger partial charge on any atom is -0.293 e. The summed E-state index contributed by atoms with van der Waals surface area (Å²) < 4.78 is 16.1. The molecule has 0 aliphatic rings. The summed E-state index contributed by atoms with van der Waals surface area (Å²) in [6.45, 7) is 0.173. The highest BCUT2D eigenvalue weighted by molar-refractivity contribution is 14.1. The SMILES string of the molecule is O=c1[nH]c(=O)n(Cc2cn(-c3ccc(F)cc3)nn2)cc1I. The molecule has 22 heavy (non-hydrogen) atoms. The van der Waals surface area contributed by atoms with Gasteiger partial charge in [0.2, 0.25) is 0 Å². The topological polar surface area (TPSA) is 85.6 Å². The first-order valence-electron chi connectivity index (χ1n) is 6.19. The lowest BCUT2D eigenvalue weighted by Gasteiger charge is -2.02. The van der Waals surface area contributed by atoms with Crippen molar-refractivity contribution in [3.8, 4) is 5.69 Å². The molecular formula is C13H9FIN5O2. The van der Waals surface area contributed by atoms with Gasteiger partial charge in [0.15, 0.2) is 0 Å². The summed E-state index contributed by atoms with van der Waals surface area (Å²) in [7, 11) is 0. The van der Waals surface area contributed by atoms with E-state index in [2.05, 4.69) is 15.3 Å². The lowest BCUT2D eigenvalue weighted by molar-refractivity contribution is 0.626. The number of hydrogen-bond acceptors (Lipinski definition) is 4. The summed E-state index contributed by atoms with van der Waals surface area (Å²) >= 11 is 1.85. The van der Waals surface area contributed by atoms with E-state index < -0.39 is 11.2 Å². The number of halogens is 2. The van der Waals surface area contributed by atoms with Gasteiger partial charge in [-0.05, 0) is 46.9 Å². The standard InChI is InChI=1S/C13H9FIN5O2/c14-8-1-3-10(4-2-8)20-6-9(17-18-20)5-19-7-11(15)12(21)16-13(19)22/h1-4,6-7H,5H2,(H,16,21,22). The third-order valence-electron chi connectivity index (χ3n) is 2.93. The van der Waals surface area contributed by atoms with Gasteiger partial charge in [0.05, 0.1) is 22.0 Å². The van der Waals surface area contributed by atoms with Crippen molar-refractivity contribution in [1.82, 2.24) is 24.5 Å². The lowest BCUT2D eigenvalue weighted by Crippen LogP contribution is -2.31. The Balaban J connectivity index is 1.89. The molecule has 112 valence electrons. The van der Waals surface area contributed by atoms with Gasteiger partial charge >= 0.3 is 5.69 Å². The van der Waals surface area contributed by atoms with Crippen LogP contribution in [0.5, 0.6) is 0 Å². The largest absolute Gasteiger partial charge is 0.328 e. The van der Waals surface area contributed by atoms with Crippen LogP contribution in [-0.4, -0.2) is 24.5 Å². The zero-order valence-corrected chi connectivity index (χ0v) is 13.2. The summed E-state index contributed by atoms with van der Waals surface area (Å²) in [5.41, 5.74) is 0.261.